The molecule has 0 saturated heterocycles. The molecule has 0 bridgehead atoms. The van der Waals surface area contributed by atoms with Gasteiger partial charge in [0.1, 0.15) is 0 Å². The van der Waals surface area contributed by atoms with Crippen LogP contribution in [0.3, 0.4) is 0 Å². The Morgan fingerprint density at radius 1 is 1.15 bits per heavy atom. The summed E-state index contributed by atoms with van der Waals surface area (Å²) in [4.78, 5) is 28.7. The number of benzene rings is 1. The van der Waals surface area contributed by atoms with Gasteiger partial charge < -0.3 is 4.52 Å². The maximum atomic E-state index is 11.7. The monoisotopic (exact) mass is 396 g/mol. The topological polar surface area (TPSA) is 97.1 Å². The molecule has 0 aliphatic heterocycles. The molecule has 2 N–H and O–H groups in total. The number of aryl methyl sites for hydroxylation is 2. The minimum Gasteiger partial charge on any atom is -0.339 e. The fourth-order valence-electron chi connectivity index (χ4n) is 2.03. The van der Waals surface area contributed by atoms with Crippen LogP contribution in [0.15, 0.2) is 33.7 Å². The van der Waals surface area contributed by atoms with E-state index in [1.165, 1.54) is 11.8 Å². The van der Waals surface area contributed by atoms with E-state index < -0.39 is 0 Å². The van der Waals surface area contributed by atoms with Crippen molar-refractivity contribution in [3.63, 3.8) is 0 Å². The molecule has 7 nitrogen and oxygen atoms in total. The number of hydrazine groups is 1. The lowest BCUT2D eigenvalue weighted by atomic mass is 10.2. The quantitative estimate of drug-likeness (QED) is 0.499. The number of carbonyl (C=O) groups excluding carboxylic acids is 2. The van der Waals surface area contributed by atoms with Gasteiger partial charge in [0.2, 0.25) is 17.7 Å². The molecule has 0 radical (unpaired) electrons. The van der Waals surface area contributed by atoms with Crippen molar-refractivity contribution in [1.82, 2.24) is 21.0 Å². The van der Waals surface area contributed by atoms with E-state index in [0.717, 1.165) is 17.7 Å². The molecule has 1 aromatic heterocycles. The molecule has 0 saturated carbocycles. The number of carbonyl (C=O) groups is 2. The molecule has 26 heavy (non-hydrogen) atoms. The average Bonchev–Trinajstić information content (AvgIpc) is 3.07. The zero-order chi connectivity index (χ0) is 18.8. The third-order valence-corrected chi connectivity index (χ3v) is 4.57. The van der Waals surface area contributed by atoms with Crippen molar-refractivity contribution in [2.24, 2.45) is 0 Å². The van der Waals surface area contributed by atoms with Crippen molar-refractivity contribution in [3.05, 3.63) is 41.0 Å². The molecule has 0 spiro atoms. The SMILES string of the molecule is CCCc1noc(CCCC(=O)NNC(=O)CSc2ccc(Cl)cc2)n1. The van der Waals surface area contributed by atoms with Crippen LogP contribution in [0.4, 0.5) is 0 Å². The Kier molecular flexibility index (Phi) is 8.43. The first-order chi connectivity index (χ1) is 12.6. The van der Waals surface area contributed by atoms with Gasteiger partial charge in [-0.05, 0) is 37.1 Å². The number of hydrogen-bond donors (Lipinski definition) is 2. The largest absolute Gasteiger partial charge is 0.339 e. The Balaban J connectivity index is 1.58. The van der Waals surface area contributed by atoms with Crippen LogP contribution in [0.2, 0.25) is 5.02 Å². The van der Waals surface area contributed by atoms with Crippen molar-refractivity contribution in [2.45, 2.75) is 43.9 Å². The van der Waals surface area contributed by atoms with E-state index in [1.807, 2.05) is 19.1 Å². The van der Waals surface area contributed by atoms with Gasteiger partial charge in [-0.3, -0.25) is 20.4 Å². The molecule has 0 unspecified atom stereocenters. The normalized spacial score (nSPS) is 10.5. The molecular weight excluding hydrogens is 376 g/mol. The standard InChI is InChI=1S/C17H21ClN4O3S/c1-2-4-14-19-17(25-22-14)6-3-5-15(23)20-21-16(24)11-26-13-9-7-12(18)8-10-13/h7-10H,2-6,11H2,1H3,(H,20,23)(H,21,24). The van der Waals surface area contributed by atoms with Crippen molar-refractivity contribution < 1.29 is 14.1 Å². The van der Waals surface area contributed by atoms with E-state index in [2.05, 4.69) is 21.0 Å². The van der Waals surface area contributed by atoms with Gasteiger partial charge in [-0.25, -0.2) is 0 Å². The Morgan fingerprint density at radius 3 is 2.62 bits per heavy atom. The molecular formula is C17H21ClN4O3S. The van der Waals surface area contributed by atoms with Crippen LogP contribution in [-0.2, 0) is 22.4 Å². The molecule has 2 aromatic rings. The second-order valence-electron chi connectivity index (χ2n) is 5.55. The Bertz CT molecular complexity index is 721. The van der Waals surface area contributed by atoms with Crippen LogP contribution in [0.25, 0.3) is 0 Å². The van der Waals surface area contributed by atoms with Gasteiger partial charge in [-0.15, -0.1) is 11.8 Å². The molecule has 140 valence electrons. The lowest BCUT2D eigenvalue weighted by molar-refractivity contribution is -0.127. The highest BCUT2D eigenvalue weighted by atomic mass is 35.5. The second-order valence-corrected chi connectivity index (χ2v) is 7.03. The van der Waals surface area contributed by atoms with Crippen molar-refractivity contribution in [2.75, 3.05) is 5.75 Å². The highest BCUT2D eigenvalue weighted by Crippen LogP contribution is 2.19. The van der Waals surface area contributed by atoms with E-state index in [0.29, 0.717) is 29.6 Å². The molecule has 0 fully saturated rings. The summed E-state index contributed by atoms with van der Waals surface area (Å²) in [5.41, 5.74) is 4.80. The predicted octanol–water partition coefficient (Wildman–Crippen LogP) is 2.94. The van der Waals surface area contributed by atoms with Gasteiger partial charge in [0.15, 0.2) is 5.82 Å². The first-order valence-electron chi connectivity index (χ1n) is 8.34. The summed E-state index contributed by atoms with van der Waals surface area (Å²) in [6, 6.07) is 7.20. The van der Waals surface area contributed by atoms with Crippen LogP contribution in [0, 0.1) is 0 Å². The fraction of sp³-hybridized carbons (Fsp3) is 0.412. The molecule has 1 heterocycles. The van der Waals surface area contributed by atoms with E-state index in [4.69, 9.17) is 16.1 Å². The van der Waals surface area contributed by atoms with Crippen LogP contribution < -0.4 is 10.9 Å². The number of nitrogens with zero attached hydrogens (tertiary/aromatic N) is 2. The van der Waals surface area contributed by atoms with E-state index in [1.54, 1.807) is 12.1 Å². The Hall–Kier alpha value is -2.06. The lowest BCUT2D eigenvalue weighted by Gasteiger charge is -2.07. The maximum Gasteiger partial charge on any atom is 0.248 e. The lowest BCUT2D eigenvalue weighted by Crippen LogP contribution is -2.42. The summed E-state index contributed by atoms with van der Waals surface area (Å²) >= 11 is 7.17. The van der Waals surface area contributed by atoms with Crippen LogP contribution in [-0.4, -0.2) is 27.7 Å². The fourth-order valence-corrected chi connectivity index (χ4v) is 2.86. The van der Waals surface area contributed by atoms with Crippen LogP contribution in [0.1, 0.15) is 37.9 Å². The molecule has 0 aliphatic rings. The number of aromatic nitrogens is 2. The summed E-state index contributed by atoms with van der Waals surface area (Å²) in [5, 5.41) is 4.51. The second kappa shape index (κ2) is 10.8. The van der Waals surface area contributed by atoms with Crippen LogP contribution >= 0.6 is 23.4 Å². The maximum absolute atomic E-state index is 11.7. The van der Waals surface area contributed by atoms with Gasteiger partial charge >= 0.3 is 0 Å². The minimum absolute atomic E-state index is 0.199. The van der Waals surface area contributed by atoms with Gasteiger partial charge in [-0.2, -0.15) is 4.98 Å². The zero-order valence-corrected chi connectivity index (χ0v) is 16.0. The Morgan fingerprint density at radius 2 is 1.88 bits per heavy atom. The first kappa shape index (κ1) is 20.3. The van der Waals surface area contributed by atoms with E-state index in [-0.39, 0.29) is 24.0 Å². The average molecular weight is 397 g/mol. The van der Waals surface area contributed by atoms with Gasteiger partial charge in [-0.1, -0.05) is 23.7 Å². The van der Waals surface area contributed by atoms with Gasteiger partial charge in [0, 0.05) is 29.2 Å². The first-order valence-corrected chi connectivity index (χ1v) is 9.70. The van der Waals surface area contributed by atoms with E-state index >= 15 is 0 Å². The number of amides is 2. The van der Waals surface area contributed by atoms with Gasteiger partial charge in [0.25, 0.3) is 0 Å². The summed E-state index contributed by atoms with van der Waals surface area (Å²) in [7, 11) is 0. The van der Waals surface area contributed by atoms with Gasteiger partial charge in [0.05, 0.1) is 5.75 Å². The predicted molar refractivity (Wildman–Crippen MR) is 99.7 cm³/mol. The summed E-state index contributed by atoms with van der Waals surface area (Å²) in [6.45, 7) is 2.04. The number of halogens is 1. The third kappa shape index (κ3) is 7.45. The van der Waals surface area contributed by atoms with E-state index in [9.17, 15) is 9.59 Å². The van der Waals surface area contributed by atoms with Crippen molar-refractivity contribution >= 4 is 35.2 Å². The number of nitrogens with one attached hydrogen (secondary N) is 2. The number of thioether (sulfide) groups is 1. The zero-order valence-electron chi connectivity index (χ0n) is 14.5. The number of rotatable bonds is 9. The molecule has 0 aliphatic carbocycles. The van der Waals surface area contributed by atoms with Crippen molar-refractivity contribution in [1.29, 1.82) is 0 Å². The summed E-state index contributed by atoms with van der Waals surface area (Å²) in [5.74, 6) is 0.883. The number of hydrogen-bond acceptors (Lipinski definition) is 6. The third-order valence-electron chi connectivity index (χ3n) is 3.30. The summed E-state index contributed by atoms with van der Waals surface area (Å²) < 4.78 is 5.10. The smallest absolute Gasteiger partial charge is 0.248 e. The summed E-state index contributed by atoms with van der Waals surface area (Å²) in [6.07, 6.45) is 3.09. The van der Waals surface area contributed by atoms with Crippen LogP contribution in [0.5, 0.6) is 0 Å². The highest BCUT2D eigenvalue weighted by molar-refractivity contribution is 8.00. The molecule has 9 heteroatoms. The minimum atomic E-state index is -0.278. The molecule has 2 rings (SSSR count). The van der Waals surface area contributed by atoms with Crippen molar-refractivity contribution in [3.8, 4) is 0 Å². The molecule has 0 atom stereocenters. The highest BCUT2D eigenvalue weighted by Gasteiger charge is 2.09. The Labute approximate surface area is 161 Å². The molecule has 2 amide bonds. The molecule has 1 aromatic carbocycles.